The molecule has 0 unspecified atom stereocenters. The standard InChI is InChI=1S/C16H18N2O14/c19-5(20)1-17(2-6(21)22)13(27)9-11(15(29)30)10(12(9)16(31)32)14(28)18(3-7(23)24)4-8(25)26/h9-12H,1-4H2,(H,19,20)(H,21,22)(H,23,24)(H,25,26)(H,29,30)(H,31,32). The molecule has 1 aliphatic rings. The summed E-state index contributed by atoms with van der Waals surface area (Å²) in [6, 6.07) is 0. The van der Waals surface area contributed by atoms with Crippen molar-refractivity contribution in [2.75, 3.05) is 26.2 Å². The molecule has 0 aromatic heterocycles. The summed E-state index contributed by atoms with van der Waals surface area (Å²) in [4.78, 5) is 92.9. The van der Waals surface area contributed by atoms with Crippen molar-refractivity contribution in [2.45, 2.75) is 0 Å². The van der Waals surface area contributed by atoms with Gasteiger partial charge in [0.2, 0.25) is 11.8 Å². The minimum absolute atomic E-state index is 0.189. The third-order valence-corrected chi connectivity index (χ3v) is 4.62. The fourth-order valence-electron chi connectivity index (χ4n) is 3.48. The van der Waals surface area contributed by atoms with Crippen LogP contribution in [0.2, 0.25) is 0 Å². The smallest absolute Gasteiger partial charge is 0.323 e. The second-order valence-corrected chi connectivity index (χ2v) is 6.74. The van der Waals surface area contributed by atoms with Crippen molar-refractivity contribution in [3.8, 4) is 0 Å². The van der Waals surface area contributed by atoms with Gasteiger partial charge in [-0.3, -0.25) is 38.4 Å². The van der Waals surface area contributed by atoms with Crippen molar-refractivity contribution in [3.05, 3.63) is 0 Å². The maximum Gasteiger partial charge on any atom is 0.323 e. The van der Waals surface area contributed by atoms with Crippen LogP contribution in [0, 0.1) is 23.7 Å². The Labute approximate surface area is 177 Å². The second-order valence-electron chi connectivity index (χ2n) is 6.74. The molecule has 1 fully saturated rings. The van der Waals surface area contributed by atoms with Gasteiger partial charge in [0.1, 0.15) is 26.2 Å². The van der Waals surface area contributed by atoms with Crippen LogP contribution in [0.1, 0.15) is 0 Å². The van der Waals surface area contributed by atoms with Crippen molar-refractivity contribution in [1.82, 2.24) is 9.80 Å². The van der Waals surface area contributed by atoms with Crippen molar-refractivity contribution >= 4 is 47.6 Å². The molecule has 0 atom stereocenters. The summed E-state index contributed by atoms with van der Waals surface area (Å²) in [6.45, 7) is -4.82. The van der Waals surface area contributed by atoms with Gasteiger partial charge in [0.05, 0.1) is 23.7 Å². The molecule has 32 heavy (non-hydrogen) atoms. The summed E-state index contributed by atoms with van der Waals surface area (Å²) in [5.74, 6) is -21.8. The molecule has 0 radical (unpaired) electrons. The van der Waals surface area contributed by atoms with Crippen LogP contribution in [0.4, 0.5) is 0 Å². The molecule has 2 amide bonds. The number of carbonyl (C=O) groups is 8. The molecule has 0 aromatic carbocycles. The largest absolute Gasteiger partial charge is 0.481 e. The van der Waals surface area contributed by atoms with Gasteiger partial charge in [-0.1, -0.05) is 0 Å². The van der Waals surface area contributed by atoms with Crippen molar-refractivity contribution in [1.29, 1.82) is 0 Å². The van der Waals surface area contributed by atoms with Crippen LogP contribution in [0.15, 0.2) is 0 Å². The number of carbonyl (C=O) groups excluding carboxylic acids is 2. The number of aliphatic carboxylic acids is 6. The molecular weight excluding hydrogens is 444 g/mol. The Balaban J connectivity index is 3.39. The normalized spacial score (nSPS) is 21.5. The van der Waals surface area contributed by atoms with Gasteiger partial charge in [-0.15, -0.1) is 0 Å². The summed E-state index contributed by atoms with van der Waals surface area (Å²) in [6.07, 6.45) is 0. The Hall–Kier alpha value is -4.24. The number of amides is 2. The third kappa shape index (κ3) is 5.89. The highest BCUT2D eigenvalue weighted by Gasteiger charge is 2.65. The Morgan fingerprint density at radius 1 is 0.438 bits per heavy atom. The van der Waals surface area contributed by atoms with E-state index in [9.17, 15) is 48.6 Å². The number of carboxylic acid groups (broad SMARTS) is 6. The lowest BCUT2D eigenvalue weighted by molar-refractivity contribution is -0.188. The zero-order valence-electron chi connectivity index (χ0n) is 16.0. The number of hydrogen-bond acceptors (Lipinski definition) is 8. The highest BCUT2D eigenvalue weighted by molar-refractivity contribution is 6.01. The van der Waals surface area contributed by atoms with E-state index in [4.69, 9.17) is 20.4 Å². The van der Waals surface area contributed by atoms with Gasteiger partial charge in [0.25, 0.3) is 0 Å². The molecule has 16 heteroatoms. The van der Waals surface area contributed by atoms with Crippen molar-refractivity contribution in [3.63, 3.8) is 0 Å². The molecule has 0 heterocycles. The molecule has 0 bridgehead atoms. The predicted octanol–water partition coefficient (Wildman–Crippen LogP) is -3.37. The summed E-state index contributed by atoms with van der Waals surface area (Å²) < 4.78 is 0. The van der Waals surface area contributed by atoms with Gasteiger partial charge >= 0.3 is 35.8 Å². The molecule has 176 valence electrons. The molecule has 1 rings (SSSR count). The fourth-order valence-corrected chi connectivity index (χ4v) is 3.48. The van der Waals surface area contributed by atoms with Gasteiger partial charge in [0, 0.05) is 0 Å². The number of hydrogen-bond donors (Lipinski definition) is 6. The molecule has 1 saturated carbocycles. The molecule has 0 saturated heterocycles. The number of nitrogens with zero attached hydrogens (tertiary/aromatic N) is 2. The lowest BCUT2D eigenvalue weighted by Gasteiger charge is -2.47. The lowest BCUT2D eigenvalue weighted by Crippen LogP contribution is -2.65. The highest BCUT2D eigenvalue weighted by Crippen LogP contribution is 2.48. The van der Waals surface area contributed by atoms with E-state index in [1.165, 1.54) is 0 Å². The molecule has 16 nitrogen and oxygen atoms in total. The van der Waals surface area contributed by atoms with Crippen molar-refractivity contribution < 1.29 is 69.0 Å². The minimum atomic E-state index is -2.11. The van der Waals surface area contributed by atoms with Crippen LogP contribution < -0.4 is 0 Å². The van der Waals surface area contributed by atoms with Gasteiger partial charge in [-0.2, -0.15) is 0 Å². The summed E-state index contributed by atoms with van der Waals surface area (Å²) in [5.41, 5.74) is 0. The zero-order valence-corrected chi connectivity index (χ0v) is 16.0. The SMILES string of the molecule is O=C(O)CN(CC(=O)O)C(=O)C1C(C(=O)O)C(C(=O)N(CC(=O)O)CC(=O)O)C1C(=O)O. The maximum atomic E-state index is 12.7. The quantitative estimate of drug-likeness (QED) is 0.165. The highest BCUT2D eigenvalue weighted by atomic mass is 16.4. The van der Waals surface area contributed by atoms with E-state index in [1.54, 1.807) is 0 Å². The molecule has 0 spiro atoms. The minimum Gasteiger partial charge on any atom is -0.481 e. The first-order valence-corrected chi connectivity index (χ1v) is 8.59. The van der Waals surface area contributed by atoms with Crippen LogP contribution in [0.3, 0.4) is 0 Å². The van der Waals surface area contributed by atoms with Gasteiger partial charge in [0.15, 0.2) is 0 Å². The summed E-state index contributed by atoms with van der Waals surface area (Å²) >= 11 is 0. The molecule has 0 aliphatic heterocycles. The molecular formula is C16H18N2O14. The van der Waals surface area contributed by atoms with Gasteiger partial charge < -0.3 is 40.4 Å². The topological polar surface area (TPSA) is 264 Å². The van der Waals surface area contributed by atoms with Gasteiger partial charge in [-0.05, 0) is 0 Å². The van der Waals surface area contributed by atoms with E-state index in [0.29, 0.717) is 0 Å². The predicted molar refractivity (Wildman–Crippen MR) is 92.9 cm³/mol. The maximum absolute atomic E-state index is 12.7. The van der Waals surface area contributed by atoms with E-state index in [2.05, 4.69) is 0 Å². The first-order valence-electron chi connectivity index (χ1n) is 8.59. The molecule has 1 aliphatic carbocycles. The summed E-state index contributed by atoms with van der Waals surface area (Å²) in [5, 5.41) is 54.4. The number of rotatable bonds is 12. The van der Waals surface area contributed by atoms with Gasteiger partial charge in [-0.25, -0.2) is 0 Å². The first kappa shape index (κ1) is 25.8. The third-order valence-electron chi connectivity index (χ3n) is 4.62. The van der Waals surface area contributed by atoms with E-state index < -0.39 is 97.5 Å². The van der Waals surface area contributed by atoms with E-state index in [1.807, 2.05) is 0 Å². The van der Waals surface area contributed by atoms with Crippen LogP contribution in [-0.4, -0.2) is 114 Å². The molecule has 0 aromatic rings. The first-order chi connectivity index (χ1) is 14.7. The van der Waals surface area contributed by atoms with Crippen LogP contribution in [0.25, 0.3) is 0 Å². The van der Waals surface area contributed by atoms with E-state index in [-0.39, 0.29) is 9.80 Å². The Kier molecular flexibility index (Phi) is 8.21. The van der Waals surface area contributed by atoms with Crippen LogP contribution >= 0.6 is 0 Å². The van der Waals surface area contributed by atoms with E-state index >= 15 is 0 Å². The average molecular weight is 462 g/mol. The summed E-state index contributed by atoms with van der Waals surface area (Å²) in [7, 11) is 0. The Morgan fingerprint density at radius 3 is 0.812 bits per heavy atom. The Bertz CT molecular complexity index is 757. The molecule has 6 N–H and O–H groups in total. The monoisotopic (exact) mass is 462 g/mol. The fraction of sp³-hybridized carbons (Fsp3) is 0.500. The van der Waals surface area contributed by atoms with Crippen LogP contribution in [0.5, 0.6) is 0 Å². The Morgan fingerprint density at radius 2 is 0.656 bits per heavy atom. The van der Waals surface area contributed by atoms with E-state index in [0.717, 1.165) is 0 Å². The van der Waals surface area contributed by atoms with Crippen molar-refractivity contribution in [2.24, 2.45) is 23.7 Å². The second kappa shape index (κ2) is 10.2. The zero-order chi connectivity index (χ0) is 24.9. The lowest BCUT2D eigenvalue weighted by atomic mass is 9.55. The van der Waals surface area contributed by atoms with Crippen LogP contribution in [-0.2, 0) is 38.4 Å². The average Bonchev–Trinajstić information content (AvgIpc) is 2.56. The number of carboxylic acids is 6.